The van der Waals surface area contributed by atoms with Crippen molar-refractivity contribution >= 4 is 0 Å². The highest BCUT2D eigenvalue weighted by atomic mass is 16.5. The molecule has 104 valence electrons. The molecule has 1 aliphatic carbocycles. The predicted octanol–water partition coefficient (Wildman–Crippen LogP) is 2.18. The van der Waals surface area contributed by atoms with E-state index in [0.717, 1.165) is 51.8 Å². The minimum atomic E-state index is -0.420. The molecule has 0 aromatic rings. The van der Waals surface area contributed by atoms with Gasteiger partial charge < -0.3 is 14.7 Å². The Kier molecular flexibility index (Phi) is 3.41. The minimum Gasteiger partial charge on any atom is -0.390 e. The third-order valence-corrected chi connectivity index (χ3v) is 5.59. The molecule has 2 aliphatic heterocycles. The molecule has 3 rings (SSSR count). The van der Waals surface area contributed by atoms with E-state index in [9.17, 15) is 5.11 Å². The number of rotatable bonds is 1. The fraction of sp³-hybridized carbons (Fsp3) is 1.00. The van der Waals surface area contributed by atoms with E-state index >= 15 is 0 Å². The number of ether oxygens (including phenoxy) is 1. The monoisotopic (exact) mass is 253 g/mol. The molecule has 2 heterocycles. The van der Waals surface area contributed by atoms with Crippen LogP contribution >= 0.6 is 0 Å². The first-order chi connectivity index (χ1) is 8.62. The number of hydrogen-bond donors (Lipinski definition) is 1. The molecule has 3 nitrogen and oxygen atoms in total. The first kappa shape index (κ1) is 12.9. The molecule has 2 unspecified atom stereocenters. The van der Waals surface area contributed by atoms with Gasteiger partial charge in [-0.2, -0.15) is 0 Å². The Bertz CT molecular complexity index is 303. The molecule has 1 spiro atoms. The molecule has 18 heavy (non-hydrogen) atoms. The maximum absolute atomic E-state index is 11.1. The molecule has 0 aromatic heterocycles. The summed E-state index contributed by atoms with van der Waals surface area (Å²) in [6.07, 6.45) is 8.99. The van der Waals surface area contributed by atoms with Crippen LogP contribution < -0.4 is 0 Å². The van der Waals surface area contributed by atoms with Crippen LogP contribution in [0, 0.1) is 5.92 Å². The van der Waals surface area contributed by atoms with Gasteiger partial charge in [-0.15, -0.1) is 0 Å². The quantitative estimate of drug-likeness (QED) is 0.777. The second kappa shape index (κ2) is 4.77. The van der Waals surface area contributed by atoms with Crippen LogP contribution in [0.5, 0.6) is 0 Å². The van der Waals surface area contributed by atoms with Crippen molar-refractivity contribution in [2.45, 2.75) is 62.6 Å². The van der Waals surface area contributed by atoms with Crippen LogP contribution in [0.15, 0.2) is 0 Å². The smallest absolute Gasteiger partial charge is 0.0690 e. The first-order valence-corrected chi connectivity index (χ1v) is 7.67. The molecule has 3 aliphatic rings. The molecule has 1 N–H and O–H groups in total. The maximum atomic E-state index is 11.1. The topological polar surface area (TPSA) is 32.7 Å². The second-order valence-corrected chi connectivity index (χ2v) is 6.84. The summed E-state index contributed by atoms with van der Waals surface area (Å²) in [5.41, 5.74) is -0.256. The molecule has 3 fully saturated rings. The van der Waals surface area contributed by atoms with E-state index in [-0.39, 0.29) is 5.60 Å². The molecule has 0 bridgehead atoms. The average Bonchev–Trinajstić information content (AvgIpc) is 2.51. The van der Waals surface area contributed by atoms with Gasteiger partial charge in [0, 0.05) is 13.2 Å². The Balaban J connectivity index is 1.68. The summed E-state index contributed by atoms with van der Waals surface area (Å²) in [6, 6.07) is 0. The Labute approximate surface area is 110 Å². The zero-order valence-electron chi connectivity index (χ0n) is 11.7. The number of hydrogen-bond acceptors (Lipinski definition) is 3. The summed E-state index contributed by atoms with van der Waals surface area (Å²) >= 11 is 0. The minimum absolute atomic E-state index is 0.164. The molecule has 1 saturated carbocycles. The van der Waals surface area contributed by atoms with Gasteiger partial charge in [-0.1, -0.05) is 0 Å². The largest absolute Gasteiger partial charge is 0.390 e. The molecular formula is C15H27NO2. The lowest BCUT2D eigenvalue weighted by Gasteiger charge is -2.51. The molecule has 3 heteroatoms. The summed E-state index contributed by atoms with van der Waals surface area (Å²) in [5, 5.41) is 11.1. The van der Waals surface area contributed by atoms with Crippen molar-refractivity contribution in [2.24, 2.45) is 5.92 Å². The summed E-state index contributed by atoms with van der Waals surface area (Å²) in [5.74, 6) is 0.470. The number of likely N-dealkylation sites (tertiary alicyclic amines) is 1. The highest BCUT2D eigenvalue weighted by Crippen LogP contribution is 2.48. The van der Waals surface area contributed by atoms with Gasteiger partial charge in [0.15, 0.2) is 0 Å². The lowest BCUT2D eigenvalue weighted by atomic mass is 9.66. The molecular weight excluding hydrogens is 226 g/mol. The number of aliphatic hydroxyl groups is 1. The van der Waals surface area contributed by atoms with Gasteiger partial charge >= 0.3 is 0 Å². The maximum Gasteiger partial charge on any atom is 0.0690 e. The zero-order valence-corrected chi connectivity index (χ0v) is 11.7. The molecule has 2 atom stereocenters. The summed E-state index contributed by atoms with van der Waals surface area (Å²) < 4.78 is 6.00. The highest BCUT2D eigenvalue weighted by Gasteiger charge is 2.48. The van der Waals surface area contributed by atoms with E-state index in [2.05, 4.69) is 11.9 Å². The van der Waals surface area contributed by atoms with Crippen molar-refractivity contribution in [3.63, 3.8) is 0 Å². The third kappa shape index (κ3) is 2.33. The lowest BCUT2D eigenvalue weighted by Crippen LogP contribution is -2.51. The van der Waals surface area contributed by atoms with E-state index in [1.165, 1.54) is 19.3 Å². The Morgan fingerprint density at radius 3 is 2.67 bits per heavy atom. The van der Waals surface area contributed by atoms with Crippen molar-refractivity contribution < 1.29 is 9.84 Å². The Hall–Kier alpha value is -0.120. The van der Waals surface area contributed by atoms with Gasteiger partial charge in [0.25, 0.3) is 0 Å². The summed E-state index contributed by atoms with van der Waals surface area (Å²) in [6.45, 7) is 3.04. The van der Waals surface area contributed by atoms with E-state index in [0.29, 0.717) is 5.92 Å². The fourth-order valence-corrected chi connectivity index (χ4v) is 4.09. The van der Waals surface area contributed by atoms with Crippen molar-refractivity contribution in [1.29, 1.82) is 0 Å². The van der Waals surface area contributed by atoms with E-state index in [1.807, 2.05) is 0 Å². The Morgan fingerprint density at radius 1 is 1.11 bits per heavy atom. The summed E-state index contributed by atoms with van der Waals surface area (Å²) in [7, 11) is 2.17. The Morgan fingerprint density at radius 2 is 1.94 bits per heavy atom. The SMILES string of the molecule is CN1CCCC(O)(C2CCOC3(CCC3)C2)CC1. The molecule has 0 radical (unpaired) electrons. The van der Waals surface area contributed by atoms with Gasteiger partial charge in [-0.3, -0.25) is 0 Å². The van der Waals surface area contributed by atoms with E-state index in [1.54, 1.807) is 0 Å². The molecule has 2 saturated heterocycles. The van der Waals surface area contributed by atoms with E-state index < -0.39 is 5.60 Å². The van der Waals surface area contributed by atoms with Crippen LogP contribution in [-0.4, -0.2) is 48.0 Å². The first-order valence-electron chi connectivity index (χ1n) is 7.67. The van der Waals surface area contributed by atoms with E-state index in [4.69, 9.17) is 4.74 Å². The van der Waals surface area contributed by atoms with Gasteiger partial charge in [0.2, 0.25) is 0 Å². The van der Waals surface area contributed by atoms with Gasteiger partial charge in [-0.25, -0.2) is 0 Å². The average molecular weight is 253 g/mol. The highest BCUT2D eigenvalue weighted by molar-refractivity contribution is 5.00. The van der Waals surface area contributed by atoms with Gasteiger partial charge in [0.05, 0.1) is 11.2 Å². The van der Waals surface area contributed by atoms with Crippen LogP contribution in [0.2, 0.25) is 0 Å². The van der Waals surface area contributed by atoms with Crippen molar-refractivity contribution in [3.8, 4) is 0 Å². The fourth-order valence-electron chi connectivity index (χ4n) is 4.09. The van der Waals surface area contributed by atoms with Crippen molar-refractivity contribution in [3.05, 3.63) is 0 Å². The van der Waals surface area contributed by atoms with Gasteiger partial charge in [0.1, 0.15) is 0 Å². The second-order valence-electron chi connectivity index (χ2n) is 6.84. The van der Waals surface area contributed by atoms with Gasteiger partial charge in [-0.05, 0) is 70.9 Å². The van der Waals surface area contributed by atoms with Crippen LogP contribution in [0.1, 0.15) is 51.4 Å². The number of nitrogens with zero attached hydrogens (tertiary/aromatic N) is 1. The lowest BCUT2D eigenvalue weighted by molar-refractivity contribution is -0.177. The molecule has 0 amide bonds. The van der Waals surface area contributed by atoms with Crippen LogP contribution in [-0.2, 0) is 4.74 Å². The molecule has 0 aromatic carbocycles. The van der Waals surface area contributed by atoms with Crippen molar-refractivity contribution in [1.82, 2.24) is 4.90 Å². The normalized spacial score (nSPS) is 41.3. The van der Waals surface area contributed by atoms with Crippen LogP contribution in [0.3, 0.4) is 0 Å². The van der Waals surface area contributed by atoms with Crippen molar-refractivity contribution in [2.75, 3.05) is 26.7 Å². The van der Waals surface area contributed by atoms with Crippen LogP contribution in [0.4, 0.5) is 0 Å². The predicted molar refractivity (Wildman–Crippen MR) is 71.6 cm³/mol. The third-order valence-electron chi connectivity index (χ3n) is 5.59. The zero-order chi connectivity index (χ0) is 12.6. The standard InChI is InChI=1S/C15H27NO2/c1-16-9-3-7-15(17,8-10-16)13-4-11-18-14(12-13)5-2-6-14/h13,17H,2-12H2,1H3. The van der Waals surface area contributed by atoms with Crippen LogP contribution in [0.25, 0.3) is 0 Å². The summed E-state index contributed by atoms with van der Waals surface area (Å²) in [4.78, 5) is 2.36.